The number of nitrogens with one attached hydrogen (secondary N) is 1. The van der Waals surface area contributed by atoms with Crippen molar-refractivity contribution in [3.63, 3.8) is 0 Å². The fraction of sp³-hybridized carbons (Fsp3) is 0.154. The molecule has 96 valence electrons. The van der Waals surface area contributed by atoms with E-state index in [0.717, 1.165) is 11.3 Å². The van der Waals surface area contributed by atoms with E-state index in [1.165, 1.54) is 6.20 Å². The molecule has 0 saturated carbocycles. The maximum absolute atomic E-state index is 11.7. The number of hydrogen-bond donors (Lipinski definition) is 3. The minimum absolute atomic E-state index is 0.0656. The summed E-state index contributed by atoms with van der Waals surface area (Å²) in [4.78, 5) is 19.6. The first-order valence-electron chi connectivity index (χ1n) is 5.80. The van der Waals surface area contributed by atoms with Gasteiger partial charge in [0.1, 0.15) is 0 Å². The molecule has 1 aliphatic heterocycles. The lowest BCUT2D eigenvalue weighted by atomic mass is 9.91. The molecular weight excluding hydrogens is 244 g/mol. The number of rotatable bonds is 2. The van der Waals surface area contributed by atoms with Crippen molar-refractivity contribution in [1.29, 1.82) is 0 Å². The summed E-state index contributed by atoms with van der Waals surface area (Å²) in [6, 6.07) is 9.07. The Morgan fingerprint density at radius 3 is 2.84 bits per heavy atom. The molecule has 1 aromatic carbocycles. The van der Waals surface area contributed by atoms with Crippen LogP contribution in [-0.4, -0.2) is 21.0 Å². The second-order valence-electron chi connectivity index (χ2n) is 4.47. The number of aliphatic carboxylic acids is 1. The molecule has 6 heteroatoms. The van der Waals surface area contributed by atoms with Crippen LogP contribution < -0.4 is 11.1 Å². The van der Waals surface area contributed by atoms with Crippen LogP contribution in [0.4, 0.5) is 11.6 Å². The maximum Gasteiger partial charge on any atom is 0.336 e. The molecule has 1 aliphatic rings. The van der Waals surface area contributed by atoms with E-state index in [4.69, 9.17) is 5.73 Å². The summed E-state index contributed by atoms with van der Waals surface area (Å²) in [5.74, 6) is -0.919. The Morgan fingerprint density at radius 2 is 2.16 bits per heavy atom. The third-order valence-electron chi connectivity index (χ3n) is 3.30. The average Bonchev–Trinajstić information content (AvgIpc) is 2.79. The van der Waals surface area contributed by atoms with Crippen LogP contribution in [0.1, 0.15) is 11.3 Å². The Balaban J connectivity index is 2.12. The number of carboxylic acid groups (broad SMARTS) is 1. The number of carbonyl (C=O) groups is 1. The van der Waals surface area contributed by atoms with Crippen LogP contribution >= 0.6 is 0 Å². The summed E-state index contributed by atoms with van der Waals surface area (Å²) in [6.45, 7) is 0. The lowest BCUT2D eigenvalue weighted by Crippen LogP contribution is -2.42. The molecule has 0 aliphatic carbocycles. The summed E-state index contributed by atoms with van der Waals surface area (Å²) < 4.78 is 0. The molecule has 2 heterocycles. The quantitative estimate of drug-likeness (QED) is 0.741. The van der Waals surface area contributed by atoms with Gasteiger partial charge in [0.25, 0.3) is 0 Å². The molecule has 2 aromatic rings. The third kappa shape index (κ3) is 1.69. The van der Waals surface area contributed by atoms with Gasteiger partial charge < -0.3 is 16.2 Å². The minimum Gasteiger partial charge on any atom is -0.479 e. The molecule has 3 rings (SSSR count). The van der Waals surface area contributed by atoms with Crippen LogP contribution in [0.5, 0.6) is 0 Å². The molecule has 0 radical (unpaired) electrons. The number of nitrogens with zero attached hydrogens (tertiary/aromatic N) is 2. The third-order valence-corrected chi connectivity index (χ3v) is 3.30. The zero-order chi connectivity index (χ0) is 13.5. The number of benzene rings is 1. The highest BCUT2D eigenvalue weighted by molar-refractivity contribution is 5.87. The number of anilines is 2. The molecule has 4 N–H and O–H groups in total. The first-order chi connectivity index (χ1) is 9.12. The lowest BCUT2D eigenvalue weighted by molar-refractivity contribution is -0.142. The predicted molar refractivity (Wildman–Crippen MR) is 69.5 cm³/mol. The molecule has 0 bridgehead atoms. The van der Waals surface area contributed by atoms with Crippen molar-refractivity contribution >= 4 is 17.6 Å². The molecule has 0 spiro atoms. The van der Waals surface area contributed by atoms with Gasteiger partial charge in [-0.05, 0) is 17.7 Å². The Hall–Kier alpha value is -2.63. The lowest BCUT2D eigenvalue weighted by Gasteiger charge is -2.24. The Bertz CT molecular complexity index is 632. The summed E-state index contributed by atoms with van der Waals surface area (Å²) in [5.41, 5.74) is 6.39. The van der Waals surface area contributed by atoms with E-state index in [1.54, 1.807) is 6.07 Å². The van der Waals surface area contributed by atoms with Crippen LogP contribution in [-0.2, 0) is 16.8 Å². The van der Waals surface area contributed by atoms with E-state index in [2.05, 4.69) is 15.3 Å². The molecule has 1 unspecified atom stereocenters. The second kappa shape index (κ2) is 3.94. The Labute approximate surface area is 109 Å². The molecule has 0 amide bonds. The molecule has 0 saturated heterocycles. The van der Waals surface area contributed by atoms with E-state index in [1.807, 2.05) is 24.3 Å². The number of aromatic nitrogens is 2. The number of hydrogen-bond acceptors (Lipinski definition) is 5. The van der Waals surface area contributed by atoms with Crippen LogP contribution in [0.3, 0.4) is 0 Å². The highest BCUT2D eigenvalue weighted by Gasteiger charge is 2.46. The van der Waals surface area contributed by atoms with Gasteiger partial charge in [0.15, 0.2) is 5.54 Å². The molecular formula is C13H12N4O2. The number of nitrogen functional groups attached to an aromatic ring is 1. The summed E-state index contributed by atoms with van der Waals surface area (Å²) >= 11 is 0. The van der Waals surface area contributed by atoms with Gasteiger partial charge in [-0.25, -0.2) is 14.8 Å². The maximum atomic E-state index is 11.7. The summed E-state index contributed by atoms with van der Waals surface area (Å²) in [6.07, 6.45) is 1.79. The van der Waals surface area contributed by atoms with E-state index < -0.39 is 11.5 Å². The highest BCUT2D eigenvalue weighted by Crippen LogP contribution is 2.38. The van der Waals surface area contributed by atoms with Gasteiger partial charge in [-0.15, -0.1) is 0 Å². The zero-order valence-corrected chi connectivity index (χ0v) is 10.00. The number of nitrogens with two attached hydrogens (primary N) is 1. The van der Waals surface area contributed by atoms with Crippen LogP contribution in [0.15, 0.2) is 36.5 Å². The monoisotopic (exact) mass is 256 g/mol. The SMILES string of the molecule is Nc1nccc(C2(C(=O)O)Cc3ccccc3N2)n1. The van der Waals surface area contributed by atoms with Crippen LogP contribution in [0.25, 0.3) is 0 Å². The smallest absolute Gasteiger partial charge is 0.336 e. The molecule has 1 atom stereocenters. The second-order valence-corrected chi connectivity index (χ2v) is 4.47. The molecule has 0 fully saturated rings. The van der Waals surface area contributed by atoms with Crippen molar-refractivity contribution in [2.24, 2.45) is 0 Å². The van der Waals surface area contributed by atoms with Gasteiger partial charge in [0.2, 0.25) is 5.95 Å². The fourth-order valence-corrected chi connectivity index (χ4v) is 2.36. The standard InChI is InChI=1S/C13H12N4O2/c14-12-15-6-5-10(16-12)13(11(18)19)7-8-3-1-2-4-9(8)17-13/h1-6,17H,7H2,(H,18,19)(H2,14,15,16). The Kier molecular flexibility index (Phi) is 2.38. The number of carboxylic acids is 1. The molecule has 19 heavy (non-hydrogen) atoms. The van der Waals surface area contributed by atoms with Crippen molar-refractivity contribution < 1.29 is 9.90 Å². The normalized spacial score (nSPS) is 20.6. The van der Waals surface area contributed by atoms with E-state index in [9.17, 15) is 9.90 Å². The van der Waals surface area contributed by atoms with Crippen molar-refractivity contribution in [3.8, 4) is 0 Å². The number of fused-ring (bicyclic) bond motifs is 1. The fourth-order valence-electron chi connectivity index (χ4n) is 2.36. The van der Waals surface area contributed by atoms with E-state index >= 15 is 0 Å². The summed E-state index contributed by atoms with van der Waals surface area (Å²) in [7, 11) is 0. The van der Waals surface area contributed by atoms with Gasteiger partial charge in [-0.3, -0.25) is 0 Å². The predicted octanol–water partition coefficient (Wildman–Crippen LogP) is 1.01. The van der Waals surface area contributed by atoms with E-state index in [-0.39, 0.29) is 5.95 Å². The number of para-hydroxylation sites is 1. The first-order valence-corrected chi connectivity index (χ1v) is 5.80. The molecule has 6 nitrogen and oxygen atoms in total. The summed E-state index contributed by atoms with van der Waals surface area (Å²) in [5, 5.41) is 12.7. The minimum atomic E-state index is -1.28. The largest absolute Gasteiger partial charge is 0.479 e. The zero-order valence-electron chi connectivity index (χ0n) is 10.00. The Morgan fingerprint density at radius 1 is 1.37 bits per heavy atom. The van der Waals surface area contributed by atoms with Crippen LogP contribution in [0.2, 0.25) is 0 Å². The van der Waals surface area contributed by atoms with Crippen molar-refractivity contribution in [2.45, 2.75) is 12.0 Å². The average molecular weight is 256 g/mol. The van der Waals surface area contributed by atoms with Gasteiger partial charge in [0, 0.05) is 18.3 Å². The van der Waals surface area contributed by atoms with Gasteiger partial charge in [-0.2, -0.15) is 0 Å². The van der Waals surface area contributed by atoms with Crippen molar-refractivity contribution in [1.82, 2.24) is 9.97 Å². The van der Waals surface area contributed by atoms with Gasteiger partial charge in [-0.1, -0.05) is 18.2 Å². The highest BCUT2D eigenvalue weighted by atomic mass is 16.4. The van der Waals surface area contributed by atoms with Gasteiger partial charge in [0.05, 0.1) is 5.69 Å². The topological polar surface area (TPSA) is 101 Å². The molecule has 1 aromatic heterocycles. The van der Waals surface area contributed by atoms with Gasteiger partial charge >= 0.3 is 5.97 Å². The first kappa shape index (κ1) is 11.5. The van der Waals surface area contributed by atoms with Crippen molar-refractivity contribution in [2.75, 3.05) is 11.1 Å². The van der Waals surface area contributed by atoms with Crippen LogP contribution in [0, 0.1) is 0 Å². The van der Waals surface area contributed by atoms with E-state index in [0.29, 0.717) is 12.1 Å². The van der Waals surface area contributed by atoms with Crippen molar-refractivity contribution in [3.05, 3.63) is 47.8 Å².